The van der Waals surface area contributed by atoms with E-state index in [0.29, 0.717) is 0 Å². The van der Waals surface area contributed by atoms with Crippen LogP contribution in [0.25, 0.3) is 0 Å². The molecule has 0 atom stereocenters. The molecule has 1 aliphatic carbocycles. The molecule has 0 unspecified atom stereocenters. The zero-order chi connectivity index (χ0) is 11.2. The van der Waals surface area contributed by atoms with E-state index in [1.54, 1.807) is 0 Å². The summed E-state index contributed by atoms with van der Waals surface area (Å²) in [6.07, 6.45) is -5.88. The van der Waals surface area contributed by atoms with Gasteiger partial charge in [-0.2, -0.15) is 13.2 Å². The Kier molecular flexibility index (Phi) is 2.80. The standard InChI is InChI=1S/C6H8ClF3O3S/c7-14(12,13)3-4-1-5(11,2-4)6(8,9)10/h4,11H,1-3H2. The molecule has 14 heavy (non-hydrogen) atoms. The average molecular weight is 253 g/mol. The average Bonchev–Trinajstić information content (AvgIpc) is 1.77. The maximum Gasteiger partial charge on any atom is 0.417 e. The lowest BCUT2D eigenvalue weighted by Gasteiger charge is -2.43. The van der Waals surface area contributed by atoms with Gasteiger partial charge in [0.05, 0.1) is 5.75 Å². The molecule has 84 valence electrons. The molecule has 0 aromatic carbocycles. The van der Waals surface area contributed by atoms with E-state index in [4.69, 9.17) is 15.8 Å². The van der Waals surface area contributed by atoms with E-state index in [-0.39, 0.29) is 0 Å². The lowest BCUT2D eigenvalue weighted by molar-refractivity contribution is -0.296. The molecule has 0 heterocycles. The van der Waals surface area contributed by atoms with Crippen molar-refractivity contribution in [1.29, 1.82) is 0 Å². The first kappa shape index (κ1) is 12.1. The molecule has 0 aromatic rings. The summed E-state index contributed by atoms with van der Waals surface area (Å²) in [6.45, 7) is 0. The maximum absolute atomic E-state index is 12.1. The molecule has 0 aliphatic heterocycles. The van der Waals surface area contributed by atoms with Crippen molar-refractivity contribution in [2.24, 2.45) is 5.92 Å². The van der Waals surface area contributed by atoms with Crippen LogP contribution in [0.1, 0.15) is 12.8 Å². The van der Waals surface area contributed by atoms with Gasteiger partial charge in [-0.15, -0.1) is 0 Å². The fraction of sp³-hybridized carbons (Fsp3) is 1.00. The Bertz CT molecular complexity index is 318. The van der Waals surface area contributed by atoms with E-state index in [2.05, 4.69) is 0 Å². The van der Waals surface area contributed by atoms with Crippen molar-refractivity contribution in [2.75, 3.05) is 5.75 Å². The Labute approximate surface area is 83.3 Å². The molecule has 0 bridgehead atoms. The van der Waals surface area contributed by atoms with Gasteiger partial charge in [0.15, 0.2) is 5.60 Å². The van der Waals surface area contributed by atoms with Crippen molar-refractivity contribution < 1.29 is 26.7 Å². The number of hydrogen-bond donors (Lipinski definition) is 1. The van der Waals surface area contributed by atoms with Crippen LogP contribution in [0.2, 0.25) is 0 Å². The van der Waals surface area contributed by atoms with Gasteiger partial charge < -0.3 is 5.11 Å². The second-order valence-electron chi connectivity index (χ2n) is 3.51. The van der Waals surface area contributed by atoms with Gasteiger partial charge in [-0.25, -0.2) is 8.42 Å². The van der Waals surface area contributed by atoms with Crippen molar-refractivity contribution >= 4 is 19.7 Å². The highest BCUT2D eigenvalue weighted by atomic mass is 35.7. The second-order valence-corrected chi connectivity index (χ2v) is 6.33. The Balaban J connectivity index is 2.52. The molecule has 0 spiro atoms. The first-order valence-corrected chi connectivity index (χ1v) is 6.23. The zero-order valence-corrected chi connectivity index (χ0v) is 8.45. The van der Waals surface area contributed by atoms with Crippen LogP contribution in [-0.4, -0.2) is 31.1 Å². The topological polar surface area (TPSA) is 54.4 Å². The smallest absolute Gasteiger partial charge is 0.380 e. The summed E-state index contributed by atoms with van der Waals surface area (Å²) >= 11 is 0. The number of halogens is 4. The van der Waals surface area contributed by atoms with Crippen LogP contribution in [-0.2, 0) is 9.05 Å². The summed E-state index contributed by atoms with van der Waals surface area (Å²) in [5, 5.41) is 8.95. The van der Waals surface area contributed by atoms with Gasteiger partial charge in [-0.05, 0) is 18.8 Å². The molecule has 3 nitrogen and oxygen atoms in total. The van der Waals surface area contributed by atoms with Crippen molar-refractivity contribution in [1.82, 2.24) is 0 Å². The highest BCUT2D eigenvalue weighted by Gasteiger charge is 2.61. The third-order valence-corrected chi connectivity index (χ3v) is 3.46. The summed E-state index contributed by atoms with van der Waals surface area (Å²) in [6, 6.07) is 0. The second kappa shape index (κ2) is 3.24. The van der Waals surface area contributed by atoms with Gasteiger partial charge in [0.2, 0.25) is 9.05 Å². The predicted octanol–water partition coefficient (Wildman–Crippen LogP) is 1.26. The van der Waals surface area contributed by atoms with Gasteiger partial charge in [-0.1, -0.05) is 0 Å². The molecule has 0 amide bonds. The van der Waals surface area contributed by atoms with E-state index < -0.39 is 45.3 Å². The van der Waals surface area contributed by atoms with Crippen molar-refractivity contribution in [2.45, 2.75) is 24.6 Å². The fourth-order valence-corrected chi connectivity index (χ4v) is 2.86. The number of hydrogen-bond acceptors (Lipinski definition) is 3. The lowest BCUT2D eigenvalue weighted by atomic mass is 9.71. The molecule has 1 N–H and O–H groups in total. The number of rotatable bonds is 2. The minimum atomic E-state index is -4.69. The first-order chi connectivity index (χ1) is 6.04. The molecule has 1 rings (SSSR count). The summed E-state index contributed by atoms with van der Waals surface area (Å²) in [7, 11) is 1.07. The highest BCUT2D eigenvalue weighted by molar-refractivity contribution is 8.13. The molecular formula is C6H8ClF3O3S. The minimum absolute atomic E-state index is 0.521. The number of aliphatic hydroxyl groups is 1. The number of alkyl halides is 3. The Morgan fingerprint density at radius 2 is 1.86 bits per heavy atom. The van der Waals surface area contributed by atoms with Crippen LogP contribution in [0, 0.1) is 5.92 Å². The summed E-state index contributed by atoms with van der Waals surface area (Å²) in [4.78, 5) is 0. The Hall–Kier alpha value is -0.0100. The molecular weight excluding hydrogens is 245 g/mol. The molecule has 0 aromatic heterocycles. The van der Waals surface area contributed by atoms with Gasteiger partial charge in [0.25, 0.3) is 0 Å². The zero-order valence-electron chi connectivity index (χ0n) is 6.88. The summed E-state index contributed by atoms with van der Waals surface area (Å²) in [5.41, 5.74) is -2.72. The van der Waals surface area contributed by atoms with Gasteiger partial charge >= 0.3 is 6.18 Å². The monoisotopic (exact) mass is 252 g/mol. The van der Waals surface area contributed by atoms with E-state index >= 15 is 0 Å². The van der Waals surface area contributed by atoms with Crippen molar-refractivity contribution in [3.05, 3.63) is 0 Å². The minimum Gasteiger partial charge on any atom is -0.380 e. The molecule has 1 saturated carbocycles. The largest absolute Gasteiger partial charge is 0.417 e. The predicted molar refractivity (Wildman–Crippen MR) is 43.4 cm³/mol. The van der Waals surface area contributed by atoms with Gasteiger partial charge in [-0.3, -0.25) is 0 Å². The molecule has 1 aliphatic rings. The summed E-state index contributed by atoms with van der Waals surface area (Å²) < 4.78 is 57.2. The molecule has 0 radical (unpaired) electrons. The summed E-state index contributed by atoms with van der Waals surface area (Å²) in [5.74, 6) is -1.23. The maximum atomic E-state index is 12.1. The van der Waals surface area contributed by atoms with Gasteiger partial charge in [0, 0.05) is 10.7 Å². The van der Waals surface area contributed by atoms with Crippen molar-refractivity contribution in [3.8, 4) is 0 Å². The SMILES string of the molecule is O=S(=O)(Cl)CC1CC(O)(C(F)(F)F)C1. The Morgan fingerprint density at radius 3 is 2.14 bits per heavy atom. The Morgan fingerprint density at radius 1 is 1.43 bits per heavy atom. The molecule has 1 fully saturated rings. The fourth-order valence-electron chi connectivity index (χ4n) is 1.53. The van der Waals surface area contributed by atoms with Crippen LogP contribution >= 0.6 is 10.7 Å². The molecule has 8 heteroatoms. The third-order valence-electron chi connectivity index (χ3n) is 2.22. The van der Waals surface area contributed by atoms with E-state index in [9.17, 15) is 21.6 Å². The van der Waals surface area contributed by atoms with E-state index in [0.717, 1.165) is 0 Å². The lowest BCUT2D eigenvalue weighted by Crippen LogP contribution is -2.56. The quantitative estimate of drug-likeness (QED) is 0.753. The van der Waals surface area contributed by atoms with Crippen LogP contribution in [0.3, 0.4) is 0 Å². The van der Waals surface area contributed by atoms with Crippen LogP contribution < -0.4 is 0 Å². The van der Waals surface area contributed by atoms with Crippen molar-refractivity contribution in [3.63, 3.8) is 0 Å². The normalized spacial score (nSPS) is 33.9. The third kappa shape index (κ3) is 2.52. The van der Waals surface area contributed by atoms with E-state index in [1.165, 1.54) is 0 Å². The van der Waals surface area contributed by atoms with Crippen LogP contribution in [0.5, 0.6) is 0 Å². The highest BCUT2D eigenvalue weighted by Crippen LogP contribution is 2.48. The van der Waals surface area contributed by atoms with Gasteiger partial charge in [0.1, 0.15) is 0 Å². The molecule has 0 saturated heterocycles. The van der Waals surface area contributed by atoms with Crippen LogP contribution in [0.15, 0.2) is 0 Å². The van der Waals surface area contributed by atoms with Crippen LogP contribution in [0.4, 0.5) is 13.2 Å². The van der Waals surface area contributed by atoms with E-state index in [1.807, 2.05) is 0 Å². The first-order valence-electron chi connectivity index (χ1n) is 3.75.